The van der Waals surface area contributed by atoms with Gasteiger partial charge in [0.2, 0.25) is 5.91 Å². The molecule has 0 spiro atoms. The molecule has 0 aliphatic heterocycles. The van der Waals surface area contributed by atoms with Crippen LogP contribution in [0.15, 0.2) is 17.0 Å². The van der Waals surface area contributed by atoms with Crippen molar-refractivity contribution < 1.29 is 28.6 Å². The zero-order chi connectivity index (χ0) is 25.3. The summed E-state index contributed by atoms with van der Waals surface area (Å²) in [7, 11) is -10.1. The number of nitrogens with one attached hydrogen (secondary N) is 1. The van der Waals surface area contributed by atoms with Crippen molar-refractivity contribution in [2.45, 2.75) is 42.7 Å². The van der Waals surface area contributed by atoms with Gasteiger partial charge in [-0.1, -0.05) is 42.6 Å². The molecule has 1 saturated carbocycles. The average Bonchev–Trinajstić information content (AvgIpc) is 3.33. The molecule has 0 atom stereocenters. The van der Waals surface area contributed by atoms with Crippen molar-refractivity contribution in [3.63, 3.8) is 0 Å². The van der Waals surface area contributed by atoms with Crippen LogP contribution in [0.25, 0.3) is 5.69 Å². The number of aromatic nitrogens is 2. The highest BCUT2D eigenvalue weighted by atomic mass is 35.5. The van der Waals surface area contributed by atoms with Gasteiger partial charge >= 0.3 is 10.2 Å². The fourth-order valence-corrected chi connectivity index (χ4v) is 4.74. The van der Waals surface area contributed by atoms with Gasteiger partial charge in [0.25, 0.3) is 0 Å². The molecule has 0 unspecified atom stereocenters. The van der Waals surface area contributed by atoms with Crippen molar-refractivity contribution in [1.82, 2.24) is 9.78 Å². The van der Waals surface area contributed by atoms with E-state index in [-0.39, 0.29) is 48.6 Å². The summed E-state index contributed by atoms with van der Waals surface area (Å²) in [5.74, 6) is -0.966. The minimum atomic E-state index is -10.1. The minimum Gasteiger partial charge on any atom is -0.369 e. The maximum atomic E-state index is 14.2. The molecule has 3 N–H and O–H groups in total. The van der Waals surface area contributed by atoms with E-state index in [0.717, 1.165) is 4.68 Å². The number of alkyl halides is 1. The van der Waals surface area contributed by atoms with Gasteiger partial charge in [0, 0.05) is 12.1 Å². The van der Waals surface area contributed by atoms with Crippen LogP contribution in [0.5, 0.6) is 0 Å². The van der Waals surface area contributed by atoms with E-state index in [4.69, 9.17) is 28.9 Å². The third-order valence-corrected chi connectivity index (χ3v) is 6.72. The Kier molecular flexibility index (Phi) is 5.27. The van der Waals surface area contributed by atoms with Crippen molar-refractivity contribution >= 4 is 45.2 Å². The predicted octanol–water partition coefficient (Wildman–Crippen LogP) is 6.39. The van der Waals surface area contributed by atoms with Gasteiger partial charge < -0.3 is 11.1 Å². The fraction of sp³-hybridized carbons (Fsp3) is 0.389. The molecule has 1 amide bonds. The van der Waals surface area contributed by atoms with E-state index in [2.05, 4.69) is 10.4 Å². The molecule has 0 saturated heterocycles. The third kappa shape index (κ3) is 4.83. The van der Waals surface area contributed by atoms with E-state index in [1.165, 1.54) is 13.8 Å². The lowest BCUT2D eigenvalue weighted by atomic mass is 9.94. The Labute approximate surface area is 194 Å². The SMILES string of the molecule is CC(C)(F)CNc1c(C2(C(N)=O)CC2)c(C#N)nn1-c1c(Cl)cc(S(F)(F)(F)(F)F)cc1Cl. The number of amides is 1. The van der Waals surface area contributed by atoms with E-state index in [0.29, 0.717) is 0 Å². The summed E-state index contributed by atoms with van der Waals surface area (Å²) >= 11 is 11.8. The van der Waals surface area contributed by atoms with E-state index in [9.17, 15) is 33.9 Å². The van der Waals surface area contributed by atoms with Crippen molar-refractivity contribution in [1.29, 1.82) is 5.26 Å². The van der Waals surface area contributed by atoms with E-state index < -0.39 is 47.8 Å². The van der Waals surface area contributed by atoms with Gasteiger partial charge in [-0.05, 0) is 38.8 Å². The number of benzene rings is 1. The first-order valence-corrected chi connectivity index (χ1v) is 11.9. The number of nitrogens with zero attached hydrogens (tertiary/aromatic N) is 3. The Morgan fingerprint density at radius 1 is 1.27 bits per heavy atom. The van der Waals surface area contributed by atoms with Crippen LogP contribution >= 0.6 is 33.4 Å². The van der Waals surface area contributed by atoms with Gasteiger partial charge in [0.1, 0.15) is 28.1 Å². The highest BCUT2D eigenvalue weighted by Gasteiger charge is 2.65. The smallest absolute Gasteiger partial charge is 0.310 e. The van der Waals surface area contributed by atoms with Crippen LogP contribution in [0.4, 0.5) is 29.6 Å². The quantitative estimate of drug-likeness (QED) is 0.401. The maximum Gasteiger partial charge on any atom is 0.310 e. The summed E-state index contributed by atoms with van der Waals surface area (Å²) in [6, 6.07) is 1.73. The summed E-state index contributed by atoms with van der Waals surface area (Å²) in [4.78, 5) is 9.81. The van der Waals surface area contributed by atoms with Crippen LogP contribution in [0.1, 0.15) is 37.9 Å². The normalized spacial score (nSPS) is 17.6. The molecule has 1 heterocycles. The highest BCUT2D eigenvalue weighted by molar-refractivity contribution is 8.45. The number of nitriles is 1. The Bertz CT molecular complexity index is 1190. The van der Waals surface area contributed by atoms with E-state index in [1.54, 1.807) is 6.07 Å². The molecule has 1 aromatic carbocycles. The van der Waals surface area contributed by atoms with Gasteiger partial charge in [-0.2, -0.15) is 10.4 Å². The molecule has 1 aliphatic carbocycles. The van der Waals surface area contributed by atoms with Crippen LogP contribution in [-0.2, 0) is 10.2 Å². The Morgan fingerprint density at radius 3 is 2.15 bits per heavy atom. The molecule has 2 aromatic rings. The molecule has 1 fully saturated rings. The summed E-state index contributed by atoms with van der Waals surface area (Å²) in [5, 5.41) is 14.5. The number of nitrogens with two attached hydrogens (primary N) is 1. The van der Waals surface area contributed by atoms with Crippen molar-refractivity contribution in [2.75, 3.05) is 11.9 Å². The van der Waals surface area contributed by atoms with Crippen LogP contribution < -0.4 is 11.1 Å². The standard InChI is InChI=1S/C18H17Cl2F6N5OS/c1-17(2,21)8-29-15-13(18(3-4-18)16(28)32)12(7-27)30-31(15)14-10(19)5-9(6-11(14)20)33(22,23,24,25)26/h5-6,29H,3-4,8H2,1-2H3,(H2,28,32). The largest absolute Gasteiger partial charge is 0.369 e. The minimum absolute atomic E-state index is 0.00864. The molecule has 15 heteroatoms. The molecule has 33 heavy (non-hydrogen) atoms. The highest BCUT2D eigenvalue weighted by Crippen LogP contribution is 3.02. The van der Waals surface area contributed by atoms with E-state index >= 15 is 0 Å². The second kappa shape index (κ2) is 6.86. The van der Waals surface area contributed by atoms with Crippen molar-refractivity contribution in [3.05, 3.63) is 33.4 Å². The fourth-order valence-electron chi connectivity index (χ4n) is 3.28. The van der Waals surface area contributed by atoms with Gasteiger partial charge in [0.15, 0.2) is 5.69 Å². The number of primary amides is 1. The van der Waals surface area contributed by atoms with Crippen LogP contribution in [0, 0.1) is 11.3 Å². The summed E-state index contributed by atoms with van der Waals surface area (Å²) in [5.41, 5.74) is 1.53. The Hall–Kier alpha value is -2.30. The zero-order valence-electron chi connectivity index (χ0n) is 17.0. The Balaban J connectivity index is 2.32. The number of anilines is 1. The molecule has 182 valence electrons. The van der Waals surface area contributed by atoms with Crippen LogP contribution in [-0.4, -0.2) is 27.9 Å². The molecule has 3 rings (SSSR count). The lowest BCUT2D eigenvalue weighted by Crippen LogP contribution is -2.31. The first-order chi connectivity index (χ1) is 14.7. The third-order valence-electron chi connectivity index (χ3n) is 5.02. The molecule has 1 aromatic heterocycles. The number of carbonyl (C=O) groups excluding carboxylic acids is 1. The van der Waals surface area contributed by atoms with Crippen LogP contribution in [0.3, 0.4) is 0 Å². The monoisotopic (exact) mass is 535 g/mol. The molecule has 1 aliphatic rings. The summed E-state index contributed by atoms with van der Waals surface area (Å²) in [6.07, 6.45) is 0.474. The lowest BCUT2D eigenvalue weighted by Gasteiger charge is -2.40. The van der Waals surface area contributed by atoms with Gasteiger partial charge in [-0.3, -0.25) is 4.79 Å². The maximum absolute atomic E-state index is 14.2. The van der Waals surface area contributed by atoms with Gasteiger partial charge in [-0.25, -0.2) is 9.07 Å². The number of hydrogen-bond donors (Lipinski definition) is 2. The molecule has 6 nitrogen and oxygen atoms in total. The van der Waals surface area contributed by atoms with E-state index in [1.807, 2.05) is 0 Å². The summed E-state index contributed by atoms with van der Waals surface area (Å²) in [6.45, 7) is 2.05. The first-order valence-electron chi connectivity index (χ1n) is 9.20. The zero-order valence-corrected chi connectivity index (χ0v) is 19.4. The number of hydrogen-bond acceptors (Lipinski definition) is 4. The molecule has 0 radical (unpaired) electrons. The topological polar surface area (TPSA) is 96.7 Å². The van der Waals surface area contributed by atoms with Gasteiger partial charge in [-0.15, -0.1) is 0 Å². The van der Waals surface area contributed by atoms with Crippen LogP contribution in [0.2, 0.25) is 10.0 Å². The lowest BCUT2D eigenvalue weighted by molar-refractivity contribution is -0.120. The first kappa shape index (κ1) is 25.3. The molecule has 0 bridgehead atoms. The molecular weight excluding hydrogens is 519 g/mol. The number of carbonyl (C=O) groups is 1. The number of rotatable bonds is 7. The second-order valence-corrected chi connectivity index (χ2v) is 11.5. The summed E-state index contributed by atoms with van der Waals surface area (Å²) < 4.78 is 81.3. The van der Waals surface area contributed by atoms with Crippen molar-refractivity contribution in [3.8, 4) is 11.8 Å². The molecular formula is C18H17Cl2F6N5OS. The second-order valence-electron chi connectivity index (χ2n) is 8.32. The Morgan fingerprint density at radius 2 is 1.79 bits per heavy atom. The van der Waals surface area contributed by atoms with Gasteiger partial charge in [0.05, 0.1) is 15.5 Å². The number of halogens is 8. The van der Waals surface area contributed by atoms with Crippen molar-refractivity contribution in [2.24, 2.45) is 5.73 Å². The average molecular weight is 536 g/mol. The predicted molar refractivity (Wildman–Crippen MR) is 113 cm³/mol.